The first kappa shape index (κ1) is 21.9. The van der Waals surface area contributed by atoms with E-state index in [1.807, 2.05) is 0 Å². The summed E-state index contributed by atoms with van der Waals surface area (Å²) in [4.78, 5) is 24.8. The molecule has 0 bridgehead atoms. The van der Waals surface area contributed by atoms with Crippen molar-refractivity contribution < 1.29 is 22.7 Å². The second-order valence-corrected chi connectivity index (χ2v) is 6.87. The van der Waals surface area contributed by atoms with Crippen molar-refractivity contribution in [3.63, 3.8) is 0 Å². The highest BCUT2D eigenvalue weighted by Crippen LogP contribution is 2.37. The first-order valence-electron chi connectivity index (χ1n) is 9.47. The summed E-state index contributed by atoms with van der Waals surface area (Å²) in [6.45, 7) is 1.73. The maximum Gasteiger partial charge on any atom is 0.420 e. The van der Waals surface area contributed by atoms with E-state index >= 15 is 0 Å². The summed E-state index contributed by atoms with van der Waals surface area (Å²) in [5.74, 6) is -0.982. The van der Waals surface area contributed by atoms with Gasteiger partial charge >= 0.3 is 6.18 Å². The fraction of sp³-hybridized carbons (Fsp3) is 0.143. The fourth-order valence-corrected chi connectivity index (χ4v) is 3.03. The Balaban J connectivity index is 1.61. The molecule has 9 nitrogen and oxygen atoms in total. The Morgan fingerprint density at radius 1 is 1.12 bits per heavy atom. The SMILES string of the molecule is COc1ccc(NC(=O)c2cnc(C)c(-n3cc(-c4cncnc4)nn3)c2)cc1C(F)(F)F. The monoisotopic (exact) mass is 455 g/mol. The highest BCUT2D eigenvalue weighted by atomic mass is 19.4. The molecule has 168 valence electrons. The lowest BCUT2D eigenvalue weighted by molar-refractivity contribution is -0.138. The lowest BCUT2D eigenvalue weighted by Gasteiger charge is -2.14. The molecule has 1 N–H and O–H groups in total. The normalized spacial score (nSPS) is 11.3. The van der Waals surface area contributed by atoms with Crippen molar-refractivity contribution in [3.8, 4) is 22.7 Å². The molecule has 3 aromatic heterocycles. The van der Waals surface area contributed by atoms with Gasteiger partial charge in [0, 0.05) is 29.8 Å². The largest absolute Gasteiger partial charge is 0.496 e. The Labute approximate surface area is 185 Å². The third-order valence-electron chi connectivity index (χ3n) is 4.68. The van der Waals surface area contributed by atoms with Crippen LogP contribution in [-0.2, 0) is 6.18 Å². The van der Waals surface area contributed by atoms with Gasteiger partial charge in [0.25, 0.3) is 5.91 Å². The second-order valence-electron chi connectivity index (χ2n) is 6.87. The molecule has 0 atom stereocenters. The fourth-order valence-electron chi connectivity index (χ4n) is 3.03. The number of carbonyl (C=O) groups excluding carboxylic acids is 1. The minimum atomic E-state index is -4.64. The predicted octanol–water partition coefficient (Wildman–Crippen LogP) is 3.71. The van der Waals surface area contributed by atoms with E-state index in [1.165, 1.54) is 29.3 Å². The molecule has 4 aromatic rings. The van der Waals surface area contributed by atoms with Crippen LogP contribution in [0.4, 0.5) is 18.9 Å². The summed E-state index contributed by atoms with van der Waals surface area (Å²) in [7, 11) is 1.14. The van der Waals surface area contributed by atoms with E-state index in [9.17, 15) is 18.0 Å². The number of rotatable bonds is 5. The molecule has 33 heavy (non-hydrogen) atoms. The Morgan fingerprint density at radius 2 is 1.88 bits per heavy atom. The molecule has 3 heterocycles. The maximum atomic E-state index is 13.3. The molecule has 0 aliphatic rings. The van der Waals surface area contributed by atoms with E-state index in [-0.39, 0.29) is 17.0 Å². The van der Waals surface area contributed by atoms with Crippen molar-refractivity contribution in [2.45, 2.75) is 13.1 Å². The molecule has 0 spiro atoms. The number of methoxy groups -OCH3 is 1. The molecular formula is C21H16F3N7O2. The number of ether oxygens (including phenoxy) is 1. The van der Waals surface area contributed by atoms with E-state index in [4.69, 9.17) is 4.74 Å². The van der Waals surface area contributed by atoms with Crippen LogP contribution in [0.15, 0.2) is 55.4 Å². The van der Waals surface area contributed by atoms with Crippen molar-refractivity contribution in [2.75, 3.05) is 12.4 Å². The first-order valence-corrected chi connectivity index (χ1v) is 9.47. The minimum Gasteiger partial charge on any atom is -0.496 e. The van der Waals surface area contributed by atoms with E-state index in [0.717, 1.165) is 19.2 Å². The molecule has 4 rings (SSSR count). The second kappa shape index (κ2) is 8.65. The summed E-state index contributed by atoms with van der Waals surface area (Å²) >= 11 is 0. The molecule has 1 aromatic carbocycles. The van der Waals surface area contributed by atoms with Gasteiger partial charge in [-0.1, -0.05) is 5.21 Å². The van der Waals surface area contributed by atoms with Crippen LogP contribution in [0.25, 0.3) is 16.9 Å². The maximum absolute atomic E-state index is 13.3. The molecule has 1 amide bonds. The van der Waals surface area contributed by atoms with E-state index < -0.39 is 17.6 Å². The zero-order chi connectivity index (χ0) is 23.6. The molecule has 0 unspecified atom stereocenters. The van der Waals surface area contributed by atoms with Gasteiger partial charge in [-0.3, -0.25) is 9.78 Å². The molecule has 0 radical (unpaired) electrons. The van der Waals surface area contributed by atoms with Gasteiger partial charge < -0.3 is 10.1 Å². The van der Waals surface area contributed by atoms with Gasteiger partial charge in [-0.05, 0) is 31.2 Å². The van der Waals surface area contributed by atoms with Crippen LogP contribution in [0, 0.1) is 6.92 Å². The summed E-state index contributed by atoms with van der Waals surface area (Å²) in [5.41, 5.74) is 1.30. The van der Waals surface area contributed by atoms with Gasteiger partial charge in [-0.15, -0.1) is 5.10 Å². The number of hydrogen-bond donors (Lipinski definition) is 1. The highest BCUT2D eigenvalue weighted by Gasteiger charge is 2.34. The number of hydrogen-bond acceptors (Lipinski definition) is 7. The molecule has 0 aliphatic heterocycles. The quantitative estimate of drug-likeness (QED) is 0.489. The number of pyridine rings is 1. The average Bonchev–Trinajstić information content (AvgIpc) is 3.29. The molecule has 0 saturated heterocycles. The van der Waals surface area contributed by atoms with Gasteiger partial charge in [0.15, 0.2) is 0 Å². The number of nitrogens with zero attached hydrogens (tertiary/aromatic N) is 6. The standard InChI is InChI=1S/C21H16F3N7O2/c1-12-18(31-10-17(29-30-31)14-7-25-11-26-8-14)5-13(9-27-12)20(32)28-15-3-4-19(33-2)16(6-15)21(22,23)24/h3-11H,1-2H3,(H,28,32). The number of aryl methyl sites for hydroxylation is 1. The van der Waals surface area contributed by atoms with Gasteiger partial charge in [0.05, 0.1) is 35.8 Å². The Kier molecular flexibility index (Phi) is 5.73. The lowest BCUT2D eigenvalue weighted by Crippen LogP contribution is -2.15. The number of aromatic nitrogens is 6. The topological polar surface area (TPSA) is 108 Å². The van der Waals surface area contributed by atoms with Crippen LogP contribution >= 0.6 is 0 Å². The van der Waals surface area contributed by atoms with Crippen molar-refractivity contribution >= 4 is 11.6 Å². The average molecular weight is 455 g/mol. The number of nitrogens with one attached hydrogen (secondary N) is 1. The minimum absolute atomic E-state index is 0.0395. The molecule has 0 fully saturated rings. The van der Waals surface area contributed by atoms with E-state index in [1.54, 1.807) is 25.5 Å². The van der Waals surface area contributed by atoms with Crippen LogP contribution in [0.3, 0.4) is 0 Å². The summed E-state index contributed by atoms with van der Waals surface area (Å²) in [6.07, 6.45) is 2.87. The van der Waals surface area contributed by atoms with Crippen LogP contribution in [0.5, 0.6) is 5.75 Å². The number of alkyl halides is 3. The van der Waals surface area contributed by atoms with Gasteiger partial charge in [-0.25, -0.2) is 14.6 Å². The first-order chi connectivity index (χ1) is 15.8. The Hall–Kier alpha value is -4.35. The third kappa shape index (κ3) is 4.63. The Bertz CT molecular complexity index is 1310. The van der Waals surface area contributed by atoms with Crippen LogP contribution in [0.1, 0.15) is 21.6 Å². The van der Waals surface area contributed by atoms with Gasteiger partial charge in [0.2, 0.25) is 0 Å². The summed E-state index contributed by atoms with van der Waals surface area (Å²) in [6, 6.07) is 4.79. The van der Waals surface area contributed by atoms with E-state index in [0.29, 0.717) is 22.6 Å². The number of benzene rings is 1. The zero-order valence-electron chi connectivity index (χ0n) is 17.3. The van der Waals surface area contributed by atoms with Crippen molar-refractivity contribution in [2.24, 2.45) is 0 Å². The highest BCUT2D eigenvalue weighted by molar-refractivity contribution is 6.04. The number of anilines is 1. The zero-order valence-corrected chi connectivity index (χ0v) is 17.3. The van der Waals surface area contributed by atoms with E-state index in [2.05, 4.69) is 30.6 Å². The van der Waals surface area contributed by atoms with Crippen molar-refractivity contribution in [1.29, 1.82) is 0 Å². The molecule has 0 aliphatic carbocycles. The van der Waals surface area contributed by atoms with Crippen molar-refractivity contribution in [1.82, 2.24) is 29.9 Å². The summed E-state index contributed by atoms with van der Waals surface area (Å²) < 4.78 is 46.0. The number of halogens is 3. The molecule has 12 heteroatoms. The predicted molar refractivity (Wildman–Crippen MR) is 111 cm³/mol. The van der Waals surface area contributed by atoms with Gasteiger partial charge in [-0.2, -0.15) is 13.2 Å². The smallest absolute Gasteiger partial charge is 0.420 e. The lowest BCUT2D eigenvalue weighted by atomic mass is 10.1. The van der Waals surface area contributed by atoms with Crippen LogP contribution in [0.2, 0.25) is 0 Å². The van der Waals surface area contributed by atoms with Crippen LogP contribution < -0.4 is 10.1 Å². The van der Waals surface area contributed by atoms with Gasteiger partial charge in [0.1, 0.15) is 17.8 Å². The van der Waals surface area contributed by atoms with Crippen LogP contribution in [-0.4, -0.2) is 43.0 Å². The summed E-state index contributed by atoms with van der Waals surface area (Å²) in [5, 5.41) is 10.6. The molecule has 0 saturated carbocycles. The Morgan fingerprint density at radius 3 is 2.58 bits per heavy atom. The number of carbonyl (C=O) groups is 1. The number of amides is 1. The van der Waals surface area contributed by atoms with Crippen molar-refractivity contribution in [3.05, 3.63) is 72.2 Å². The third-order valence-corrected chi connectivity index (χ3v) is 4.68. The molecular weight excluding hydrogens is 439 g/mol.